The zero-order valence-corrected chi connectivity index (χ0v) is 12.1. The predicted molar refractivity (Wildman–Crippen MR) is 75.0 cm³/mol. The van der Waals surface area contributed by atoms with Gasteiger partial charge in [0, 0.05) is 23.4 Å². The van der Waals surface area contributed by atoms with Gasteiger partial charge in [0.15, 0.2) is 12.9 Å². The van der Waals surface area contributed by atoms with Crippen molar-refractivity contribution in [2.45, 2.75) is 26.1 Å². The fourth-order valence-corrected chi connectivity index (χ4v) is 2.05. The van der Waals surface area contributed by atoms with Gasteiger partial charge in [-0.25, -0.2) is 0 Å². The van der Waals surface area contributed by atoms with Crippen LogP contribution < -0.4 is 4.74 Å². The molecule has 0 radical (unpaired) electrons. The Morgan fingerprint density at radius 2 is 2.05 bits per heavy atom. The first-order valence-corrected chi connectivity index (χ1v) is 6.64. The van der Waals surface area contributed by atoms with Crippen LogP contribution in [0.25, 0.3) is 11.3 Å². The molecule has 1 aromatic carbocycles. The maximum atomic E-state index is 12.2. The minimum Gasteiger partial charge on any atom is -0.484 e. The largest absolute Gasteiger partial charge is 0.484 e. The number of rotatable bonds is 5. The molecule has 4 nitrogen and oxygen atoms in total. The first kappa shape index (κ1) is 16.1. The van der Waals surface area contributed by atoms with E-state index in [-0.39, 0.29) is 11.8 Å². The maximum absolute atomic E-state index is 12.2. The van der Waals surface area contributed by atoms with Gasteiger partial charge < -0.3 is 4.74 Å². The summed E-state index contributed by atoms with van der Waals surface area (Å²) in [6.45, 7) is 2.46. The van der Waals surface area contributed by atoms with Gasteiger partial charge >= 0.3 is 6.18 Å². The van der Waals surface area contributed by atoms with Crippen LogP contribution in [0.1, 0.15) is 30.2 Å². The SMILES string of the molecule is CC(C)n1nccc1-c1cc(OCC(F)(F)F)ccc1C=O. The van der Waals surface area contributed by atoms with Gasteiger partial charge in [-0.1, -0.05) is 0 Å². The van der Waals surface area contributed by atoms with Crippen molar-refractivity contribution in [3.05, 3.63) is 36.0 Å². The molecule has 1 aromatic heterocycles. The van der Waals surface area contributed by atoms with E-state index >= 15 is 0 Å². The van der Waals surface area contributed by atoms with Gasteiger partial charge in [-0.2, -0.15) is 18.3 Å². The zero-order valence-electron chi connectivity index (χ0n) is 12.1. The summed E-state index contributed by atoms with van der Waals surface area (Å²) in [5, 5.41) is 4.16. The smallest absolute Gasteiger partial charge is 0.422 e. The van der Waals surface area contributed by atoms with Crippen LogP contribution in [0.3, 0.4) is 0 Å². The molecule has 0 saturated carbocycles. The monoisotopic (exact) mass is 312 g/mol. The lowest BCUT2D eigenvalue weighted by Gasteiger charge is -2.14. The van der Waals surface area contributed by atoms with E-state index < -0.39 is 12.8 Å². The van der Waals surface area contributed by atoms with E-state index in [1.54, 1.807) is 16.9 Å². The third kappa shape index (κ3) is 3.66. The first-order chi connectivity index (χ1) is 10.3. The van der Waals surface area contributed by atoms with Crippen LogP contribution in [0.4, 0.5) is 13.2 Å². The molecule has 118 valence electrons. The number of hydrogen-bond acceptors (Lipinski definition) is 3. The quantitative estimate of drug-likeness (QED) is 0.787. The molecular formula is C15H15F3N2O2. The van der Waals surface area contributed by atoms with E-state index in [2.05, 4.69) is 5.10 Å². The van der Waals surface area contributed by atoms with Crippen LogP contribution in [0.2, 0.25) is 0 Å². The summed E-state index contributed by atoms with van der Waals surface area (Å²) >= 11 is 0. The zero-order chi connectivity index (χ0) is 16.3. The number of carbonyl (C=O) groups is 1. The number of benzene rings is 1. The minimum atomic E-state index is -4.41. The molecule has 0 unspecified atom stereocenters. The second kappa shape index (κ2) is 6.21. The van der Waals surface area contributed by atoms with Crippen LogP contribution >= 0.6 is 0 Å². The third-order valence-electron chi connectivity index (χ3n) is 2.99. The lowest BCUT2D eigenvalue weighted by Crippen LogP contribution is -2.19. The molecule has 22 heavy (non-hydrogen) atoms. The molecule has 0 aliphatic carbocycles. The second-order valence-electron chi connectivity index (χ2n) is 5.03. The highest BCUT2D eigenvalue weighted by molar-refractivity contribution is 5.87. The van der Waals surface area contributed by atoms with Crippen molar-refractivity contribution in [2.24, 2.45) is 0 Å². The fourth-order valence-electron chi connectivity index (χ4n) is 2.05. The Labute approximate surface area is 125 Å². The summed E-state index contributed by atoms with van der Waals surface area (Å²) in [5.74, 6) is 0.0504. The topological polar surface area (TPSA) is 44.1 Å². The third-order valence-corrected chi connectivity index (χ3v) is 2.99. The van der Waals surface area contributed by atoms with Crippen LogP contribution in [-0.2, 0) is 0 Å². The summed E-state index contributed by atoms with van der Waals surface area (Å²) in [6, 6.07) is 5.95. The van der Waals surface area contributed by atoms with Crippen molar-refractivity contribution in [1.82, 2.24) is 9.78 Å². The Bertz CT molecular complexity index is 663. The molecular weight excluding hydrogens is 297 g/mol. The molecule has 0 aliphatic rings. The number of hydrogen-bond donors (Lipinski definition) is 0. The normalized spacial score (nSPS) is 11.7. The van der Waals surface area contributed by atoms with Crippen molar-refractivity contribution in [1.29, 1.82) is 0 Å². The standard InChI is InChI=1S/C15H15F3N2O2/c1-10(2)20-14(5-6-19-20)13-7-12(4-3-11(13)8-21)22-9-15(16,17)18/h3-8,10H,9H2,1-2H3. The molecule has 0 saturated heterocycles. The molecule has 0 amide bonds. The van der Waals surface area contributed by atoms with E-state index in [1.165, 1.54) is 18.2 Å². The fraction of sp³-hybridized carbons (Fsp3) is 0.333. The highest BCUT2D eigenvalue weighted by Crippen LogP contribution is 2.29. The lowest BCUT2D eigenvalue weighted by atomic mass is 10.0. The molecule has 0 N–H and O–H groups in total. The van der Waals surface area contributed by atoms with Crippen LogP contribution in [-0.4, -0.2) is 28.8 Å². The lowest BCUT2D eigenvalue weighted by molar-refractivity contribution is -0.153. The first-order valence-electron chi connectivity index (χ1n) is 6.64. The molecule has 0 atom stereocenters. The van der Waals surface area contributed by atoms with E-state index in [0.29, 0.717) is 23.1 Å². The van der Waals surface area contributed by atoms with E-state index in [4.69, 9.17) is 4.74 Å². The summed E-state index contributed by atoms with van der Waals surface area (Å²) in [6.07, 6.45) is -2.18. The second-order valence-corrected chi connectivity index (χ2v) is 5.03. The Morgan fingerprint density at radius 1 is 1.32 bits per heavy atom. The van der Waals surface area contributed by atoms with Gasteiger partial charge in [0.1, 0.15) is 5.75 Å². The molecule has 0 aliphatic heterocycles. The Kier molecular flexibility index (Phi) is 4.54. The number of nitrogens with zero attached hydrogens (tertiary/aromatic N) is 2. The van der Waals surface area contributed by atoms with Crippen LogP contribution in [0.15, 0.2) is 30.5 Å². The van der Waals surface area contributed by atoms with Gasteiger partial charge in [0.2, 0.25) is 0 Å². The van der Waals surface area contributed by atoms with Crippen LogP contribution in [0.5, 0.6) is 5.75 Å². The van der Waals surface area contributed by atoms with E-state index in [9.17, 15) is 18.0 Å². The Hall–Kier alpha value is -2.31. The summed E-state index contributed by atoms with van der Waals surface area (Å²) in [5.41, 5.74) is 1.50. The van der Waals surface area contributed by atoms with Gasteiger partial charge in [-0.3, -0.25) is 9.48 Å². The Balaban J connectivity index is 2.40. The molecule has 2 rings (SSSR count). The molecule has 7 heteroatoms. The summed E-state index contributed by atoms with van der Waals surface area (Å²) in [7, 11) is 0. The van der Waals surface area contributed by atoms with Crippen molar-refractivity contribution in [3.63, 3.8) is 0 Å². The maximum Gasteiger partial charge on any atom is 0.422 e. The van der Waals surface area contributed by atoms with Gasteiger partial charge in [-0.15, -0.1) is 0 Å². The van der Waals surface area contributed by atoms with Crippen molar-refractivity contribution in [2.75, 3.05) is 6.61 Å². The number of alkyl halides is 3. The highest BCUT2D eigenvalue weighted by Gasteiger charge is 2.28. The average Bonchev–Trinajstić information content (AvgIpc) is 2.93. The van der Waals surface area contributed by atoms with Gasteiger partial charge in [0.25, 0.3) is 0 Å². The van der Waals surface area contributed by atoms with Gasteiger partial charge in [-0.05, 0) is 38.1 Å². The molecule has 2 aromatic rings. The van der Waals surface area contributed by atoms with Crippen molar-refractivity contribution in [3.8, 4) is 17.0 Å². The molecule has 0 bridgehead atoms. The summed E-state index contributed by atoms with van der Waals surface area (Å²) in [4.78, 5) is 11.2. The number of aldehydes is 1. The molecule has 1 heterocycles. The molecule has 0 spiro atoms. The van der Waals surface area contributed by atoms with E-state index in [0.717, 1.165) is 0 Å². The Morgan fingerprint density at radius 3 is 2.64 bits per heavy atom. The van der Waals surface area contributed by atoms with Gasteiger partial charge in [0.05, 0.1) is 5.69 Å². The van der Waals surface area contributed by atoms with Crippen LogP contribution in [0, 0.1) is 0 Å². The summed E-state index contributed by atoms with van der Waals surface area (Å²) < 4.78 is 43.1. The van der Waals surface area contributed by atoms with E-state index in [1.807, 2.05) is 13.8 Å². The molecule has 0 fully saturated rings. The highest BCUT2D eigenvalue weighted by atomic mass is 19.4. The van der Waals surface area contributed by atoms with Crippen molar-refractivity contribution >= 4 is 6.29 Å². The predicted octanol–water partition coefficient (Wildman–Crippen LogP) is 3.88. The minimum absolute atomic E-state index is 0.0456. The van der Waals surface area contributed by atoms with Crippen molar-refractivity contribution < 1.29 is 22.7 Å². The number of carbonyl (C=O) groups excluding carboxylic acids is 1. The average molecular weight is 312 g/mol. The number of ether oxygens (including phenoxy) is 1. The number of aromatic nitrogens is 2. The number of halogens is 3.